The molecule has 4 aromatic carbocycles. The van der Waals surface area contributed by atoms with E-state index < -0.39 is 18.1 Å². The predicted molar refractivity (Wildman–Crippen MR) is 184 cm³/mol. The molecule has 1 aliphatic rings. The Morgan fingerprint density at radius 2 is 1.36 bits per heavy atom. The van der Waals surface area contributed by atoms with Crippen molar-refractivity contribution in [3.63, 3.8) is 0 Å². The van der Waals surface area contributed by atoms with Crippen molar-refractivity contribution < 1.29 is 23.8 Å². The van der Waals surface area contributed by atoms with E-state index in [2.05, 4.69) is 81.5 Å². The van der Waals surface area contributed by atoms with Gasteiger partial charge in [0.2, 0.25) is 0 Å². The quantitative estimate of drug-likeness (QED) is 0.123. The van der Waals surface area contributed by atoms with Crippen LogP contribution in [0, 0.1) is 6.92 Å². The second kappa shape index (κ2) is 14.9. The molecule has 234 valence electrons. The van der Waals surface area contributed by atoms with Crippen LogP contribution >= 0.6 is 21.6 Å². The van der Waals surface area contributed by atoms with Gasteiger partial charge in [0, 0.05) is 16.4 Å². The van der Waals surface area contributed by atoms with Gasteiger partial charge in [0.1, 0.15) is 31.6 Å². The Morgan fingerprint density at radius 1 is 0.778 bits per heavy atom. The minimum absolute atomic E-state index is 0.00778. The number of amides is 1. The second-order valence-electron chi connectivity index (χ2n) is 12.0. The normalized spacial score (nSPS) is 13.0. The van der Waals surface area contributed by atoms with Gasteiger partial charge < -0.3 is 19.5 Å². The van der Waals surface area contributed by atoms with Crippen LogP contribution in [0.4, 0.5) is 4.79 Å². The first-order valence-electron chi connectivity index (χ1n) is 15.0. The summed E-state index contributed by atoms with van der Waals surface area (Å²) in [5.41, 5.74) is 7.70. The summed E-state index contributed by atoms with van der Waals surface area (Å²) in [6.45, 7) is 9.09. The van der Waals surface area contributed by atoms with Gasteiger partial charge in [-0.1, -0.05) is 133 Å². The second-order valence-corrected chi connectivity index (χ2v) is 15.2. The first kappa shape index (κ1) is 32.5. The largest absolute Gasteiger partial charge is 0.489 e. The number of carbonyl (C=O) groups is 2. The number of hydrogen-bond acceptors (Lipinski definition) is 7. The minimum Gasteiger partial charge on any atom is -0.489 e. The van der Waals surface area contributed by atoms with Crippen molar-refractivity contribution in [3.05, 3.63) is 125 Å². The summed E-state index contributed by atoms with van der Waals surface area (Å²) in [6, 6.07) is 31.2. The van der Waals surface area contributed by atoms with Crippen LogP contribution in [0.1, 0.15) is 54.5 Å². The third-order valence-corrected chi connectivity index (χ3v) is 10.6. The molecule has 5 rings (SSSR count). The Hall–Kier alpha value is -3.88. The van der Waals surface area contributed by atoms with E-state index in [1.807, 2.05) is 48.5 Å². The molecule has 1 amide bonds. The molecule has 0 unspecified atom stereocenters. The zero-order valence-corrected chi connectivity index (χ0v) is 27.7. The first-order valence-corrected chi connectivity index (χ1v) is 17.3. The molecular formula is C37H39NO5S2. The van der Waals surface area contributed by atoms with Crippen LogP contribution in [-0.2, 0) is 27.5 Å². The molecule has 0 fully saturated rings. The molecule has 0 radical (unpaired) electrons. The highest BCUT2D eigenvalue weighted by Crippen LogP contribution is 2.44. The highest BCUT2D eigenvalue weighted by molar-refractivity contribution is 8.77. The number of fused-ring (bicyclic) bond motifs is 3. The van der Waals surface area contributed by atoms with Gasteiger partial charge in [0.25, 0.3) is 0 Å². The molecule has 1 N–H and O–H groups in total. The van der Waals surface area contributed by atoms with Crippen LogP contribution in [0.15, 0.2) is 97.1 Å². The van der Waals surface area contributed by atoms with Crippen molar-refractivity contribution in [2.24, 2.45) is 0 Å². The first-order chi connectivity index (χ1) is 21.7. The van der Waals surface area contributed by atoms with Gasteiger partial charge in [-0.15, -0.1) is 0 Å². The number of esters is 1. The molecule has 45 heavy (non-hydrogen) atoms. The number of rotatable bonds is 12. The average molecular weight is 642 g/mol. The van der Waals surface area contributed by atoms with E-state index in [0.717, 1.165) is 39.1 Å². The maximum absolute atomic E-state index is 13.2. The number of alkyl carbamates (subject to hydrolysis) is 1. The predicted octanol–water partition coefficient (Wildman–Crippen LogP) is 8.70. The molecule has 0 aromatic heterocycles. The fraction of sp³-hybridized carbons (Fsp3) is 0.297. The number of carbonyl (C=O) groups excluding carboxylic acids is 2. The van der Waals surface area contributed by atoms with Crippen molar-refractivity contribution in [1.29, 1.82) is 0 Å². The van der Waals surface area contributed by atoms with E-state index >= 15 is 0 Å². The zero-order valence-electron chi connectivity index (χ0n) is 26.1. The summed E-state index contributed by atoms with van der Waals surface area (Å²) in [5.74, 6) is 0.501. The lowest BCUT2D eigenvalue weighted by Crippen LogP contribution is -2.44. The van der Waals surface area contributed by atoms with Crippen molar-refractivity contribution in [1.82, 2.24) is 5.32 Å². The van der Waals surface area contributed by atoms with Gasteiger partial charge in [-0.3, -0.25) is 0 Å². The summed E-state index contributed by atoms with van der Waals surface area (Å²) >= 11 is 0. The number of ether oxygens (including phenoxy) is 3. The van der Waals surface area contributed by atoms with E-state index in [4.69, 9.17) is 14.2 Å². The van der Waals surface area contributed by atoms with Gasteiger partial charge in [-0.2, -0.15) is 0 Å². The van der Waals surface area contributed by atoms with Gasteiger partial charge in [-0.25, -0.2) is 9.59 Å². The lowest BCUT2D eigenvalue weighted by Gasteiger charge is -2.21. The summed E-state index contributed by atoms with van der Waals surface area (Å²) in [6.07, 6.45) is -0.643. The molecule has 0 bridgehead atoms. The van der Waals surface area contributed by atoms with Crippen LogP contribution in [0.25, 0.3) is 11.1 Å². The maximum Gasteiger partial charge on any atom is 0.407 e. The fourth-order valence-electron chi connectivity index (χ4n) is 5.02. The Morgan fingerprint density at radius 3 is 1.98 bits per heavy atom. The summed E-state index contributed by atoms with van der Waals surface area (Å²) in [5, 5.41) is 2.77. The van der Waals surface area contributed by atoms with E-state index in [1.54, 1.807) is 10.8 Å². The van der Waals surface area contributed by atoms with Crippen LogP contribution in [0.3, 0.4) is 0 Å². The number of hydrogen-bond donors (Lipinski definition) is 1. The SMILES string of the molecule is Cc1ccc(COc2ccc(COC(=O)[C@H](CSSC(C)(C)C)NC(=O)OCC3c4ccccc4-c4ccccc43)cc2)cc1. The van der Waals surface area contributed by atoms with Crippen molar-refractivity contribution in [3.8, 4) is 16.9 Å². The Balaban J connectivity index is 1.16. The lowest BCUT2D eigenvalue weighted by molar-refractivity contribution is -0.146. The topological polar surface area (TPSA) is 73.9 Å². The van der Waals surface area contributed by atoms with Crippen LogP contribution in [0.2, 0.25) is 0 Å². The van der Waals surface area contributed by atoms with Crippen molar-refractivity contribution in [2.75, 3.05) is 12.4 Å². The monoisotopic (exact) mass is 641 g/mol. The molecule has 0 spiro atoms. The lowest BCUT2D eigenvalue weighted by atomic mass is 9.98. The summed E-state index contributed by atoms with van der Waals surface area (Å²) in [7, 11) is 3.17. The summed E-state index contributed by atoms with van der Waals surface area (Å²) in [4.78, 5) is 26.2. The smallest absolute Gasteiger partial charge is 0.407 e. The molecule has 0 saturated heterocycles. The number of nitrogens with one attached hydrogen (secondary N) is 1. The highest BCUT2D eigenvalue weighted by Gasteiger charge is 2.30. The molecule has 6 nitrogen and oxygen atoms in total. The number of benzene rings is 4. The Kier molecular flexibility index (Phi) is 10.8. The molecule has 4 aromatic rings. The molecule has 0 heterocycles. The third-order valence-electron chi connectivity index (χ3n) is 7.29. The standard InChI is InChI=1S/C37H39NO5S2/c1-25-13-15-26(16-14-25)21-41-28-19-17-27(18-20-28)22-42-35(39)34(24-44-45-37(2,3)4)38-36(40)43-23-33-31-11-7-5-9-29(31)30-10-6-8-12-32(30)33/h5-20,33-34H,21-24H2,1-4H3,(H,38,40)/t34-/m0/s1. The van der Waals surface area contributed by atoms with Gasteiger partial charge in [0.15, 0.2) is 0 Å². The molecule has 0 saturated carbocycles. The fourth-order valence-corrected chi connectivity index (χ4v) is 7.47. The minimum atomic E-state index is -0.863. The van der Waals surface area contributed by atoms with E-state index in [0.29, 0.717) is 12.4 Å². The van der Waals surface area contributed by atoms with Gasteiger partial charge in [-0.05, 0) is 52.4 Å². The Labute approximate surface area is 273 Å². The molecular weight excluding hydrogens is 603 g/mol. The molecule has 8 heteroatoms. The molecule has 1 atom stereocenters. The van der Waals surface area contributed by atoms with Gasteiger partial charge in [0.05, 0.1) is 0 Å². The molecule has 0 aliphatic heterocycles. The average Bonchev–Trinajstić information content (AvgIpc) is 3.35. The van der Waals surface area contributed by atoms with Crippen LogP contribution < -0.4 is 10.1 Å². The Bertz CT molecular complexity index is 1550. The van der Waals surface area contributed by atoms with E-state index in [-0.39, 0.29) is 23.9 Å². The van der Waals surface area contributed by atoms with E-state index in [9.17, 15) is 9.59 Å². The van der Waals surface area contributed by atoms with Crippen molar-refractivity contribution >= 4 is 33.7 Å². The van der Waals surface area contributed by atoms with Crippen molar-refractivity contribution in [2.45, 2.75) is 57.6 Å². The third kappa shape index (κ3) is 9.08. The molecule has 1 aliphatic carbocycles. The van der Waals surface area contributed by atoms with Crippen LogP contribution in [0.5, 0.6) is 5.75 Å². The van der Waals surface area contributed by atoms with Gasteiger partial charge >= 0.3 is 12.1 Å². The zero-order chi connectivity index (χ0) is 31.8. The van der Waals surface area contributed by atoms with E-state index in [1.165, 1.54) is 16.4 Å². The number of aryl methyl sites for hydroxylation is 1. The summed E-state index contributed by atoms with van der Waals surface area (Å²) < 4.78 is 17.3. The highest BCUT2D eigenvalue weighted by atomic mass is 33.1. The van der Waals surface area contributed by atoms with Crippen LogP contribution in [-0.4, -0.2) is 35.2 Å². The maximum atomic E-state index is 13.2.